The quantitative estimate of drug-likeness (QED) is 0.580. The average molecular weight is 366 g/mol. The fraction of sp³-hybridized carbons (Fsp3) is 0.238. The maximum absolute atomic E-state index is 12.0. The Bertz CT molecular complexity index is 829. The van der Waals surface area contributed by atoms with Crippen LogP contribution in [-0.2, 0) is 11.2 Å². The van der Waals surface area contributed by atoms with Crippen LogP contribution in [0.1, 0.15) is 28.8 Å². The molecular weight excluding hydrogens is 344 g/mol. The maximum Gasteiger partial charge on any atom is 0.226 e. The predicted molar refractivity (Wildman–Crippen MR) is 106 cm³/mol. The van der Waals surface area contributed by atoms with Crippen molar-refractivity contribution in [3.05, 3.63) is 76.8 Å². The van der Waals surface area contributed by atoms with Crippen LogP contribution < -0.4 is 10.1 Å². The van der Waals surface area contributed by atoms with Crippen molar-refractivity contribution in [1.82, 2.24) is 4.98 Å². The Balaban J connectivity index is 1.39. The van der Waals surface area contributed by atoms with Crippen LogP contribution in [0.3, 0.4) is 0 Å². The standard InChI is InChI=1S/C21H22N2O2S/c1-16-9-11-18(12-10-16)25-13-5-8-20(24)23-21-22-15-19(26-21)14-17-6-3-2-4-7-17/h2-4,6-7,9-12,15H,5,8,13-14H2,1H3,(H,22,23,24). The third-order valence-electron chi connectivity index (χ3n) is 3.86. The van der Waals surface area contributed by atoms with E-state index in [1.54, 1.807) is 0 Å². The van der Waals surface area contributed by atoms with E-state index in [2.05, 4.69) is 22.4 Å². The highest BCUT2D eigenvalue weighted by molar-refractivity contribution is 7.15. The summed E-state index contributed by atoms with van der Waals surface area (Å²) in [4.78, 5) is 17.5. The fourth-order valence-electron chi connectivity index (χ4n) is 2.48. The zero-order chi connectivity index (χ0) is 18.2. The summed E-state index contributed by atoms with van der Waals surface area (Å²) in [5.74, 6) is 0.805. The summed E-state index contributed by atoms with van der Waals surface area (Å²) >= 11 is 1.52. The van der Waals surface area contributed by atoms with E-state index >= 15 is 0 Å². The Hall–Kier alpha value is -2.66. The second-order valence-corrected chi connectivity index (χ2v) is 7.22. The first kappa shape index (κ1) is 18.1. The minimum Gasteiger partial charge on any atom is -0.494 e. The Labute approximate surface area is 157 Å². The number of hydrogen-bond donors (Lipinski definition) is 1. The molecule has 134 valence electrons. The van der Waals surface area contributed by atoms with E-state index in [9.17, 15) is 4.79 Å². The van der Waals surface area contributed by atoms with Gasteiger partial charge < -0.3 is 10.1 Å². The van der Waals surface area contributed by atoms with Gasteiger partial charge in [0.15, 0.2) is 5.13 Å². The molecule has 0 saturated carbocycles. The molecule has 0 spiro atoms. The lowest BCUT2D eigenvalue weighted by atomic mass is 10.1. The number of benzene rings is 2. The van der Waals surface area contributed by atoms with Gasteiger partial charge in [0, 0.05) is 23.9 Å². The number of ether oxygens (including phenoxy) is 1. The van der Waals surface area contributed by atoms with E-state index < -0.39 is 0 Å². The van der Waals surface area contributed by atoms with E-state index in [0.29, 0.717) is 24.6 Å². The van der Waals surface area contributed by atoms with Crippen molar-refractivity contribution in [3.8, 4) is 5.75 Å². The molecule has 1 heterocycles. The monoisotopic (exact) mass is 366 g/mol. The summed E-state index contributed by atoms with van der Waals surface area (Å²) in [6.07, 6.45) is 3.74. The molecular formula is C21H22N2O2S. The van der Waals surface area contributed by atoms with Crippen LogP contribution in [-0.4, -0.2) is 17.5 Å². The second-order valence-electron chi connectivity index (χ2n) is 6.11. The number of thiazole rings is 1. The first-order valence-corrected chi connectivity index (χ1v) is 9.48. The Morgan fingerprint density at radius 1 is 1.12 bits per heavy atom. The molecule has 3 rings (SSSR count). The van der Waals surface area contributed by atoms with Gasteiger partial charge in [-0.1, -0.05) is 48.0 Å². The van der Waals surface area contributed by atoms with Crippen LogP contribution >= 0.6 is 11.3 Å². The molecule has 0 aliphatic carbocycles. The number of carbonyl (C=O) groups is 1. The summed E-state index contributed by atoms with van der Waals surface area (Å²) < 4.78 is 5.64. The minimum absolute atomic E-state index is 0.0295. The van der Waals surface area contributed by atoms with Crippen molar-refractivity contribution < 1.29 is 9.53 Å². The number of aryl methyl sites for hydroxylation is 1. The molecule has 1 amide bonds. The molecule has 0 radical (unpaired) electrons. The topological polar surface area (TPSA) is 51.2 Å². The lowest BCUT2D eigenvalue weighted by Gasteiger charge is -2.06. The van der Waals surface area contributed by atoms with Gasteiger partial charge in [0.25, 0.3) is 0 Å². The van der Waals surface area contributed by atoms with Crippen LogP contribution in [0.2, 0.25) is 0 Å². The minimum atomic E-state index is -0.0295. The third kappa shape index (κ3) is 5.70. The number of nitrogens with zero attached hydrogens (tertiary/aromatic N) is 1. The van der Waals surface area contributed by atoms with E-state index in [0.717, 1.165) is 17.0 Å². The van der Waals surface area contributed by atoms with Gasteiger partial charge in [-0.2, -0.15) is 0 Å². The molecule has 5 heteroatoms. The Kier molecular flexibility index (Phi) is 6.39. The molecule has 0 aliphatic rings. The van der Waals surface area contributed by atoms with Gasteiger partial charge in [0.05, 0.1) is 6.61 Å². The number of aromatic nitrogens is 1. The smallest absolute Gasteiger partial charge is 0.226 e. The number of hydrogen-bond acceptors (Lipinski definition) is 4. The van der Waals surface area contributed by atoms with Crippen molar-refractivity contribution in [2.24, 2.45) is 0 Å². The van der Waals surface area contributed by atoms with Gasteiger partial charge in [0.1, 0.15) is 5.75 Å². The van der Waals surface area contributed by atoms with Crippen molar-refractivity contribution in [1.29, 1.82) is 0 Å². The highest BCUT2D eigenvalue weighted by atomic mass is 32.1. The Morgan fingerprint density at radius 3 is 2.65 bits per heavy atom. The van der Waals surface area contributed by atoms with Crippen LogP contribution in [0.15, 0.2) is 60.8 Å². The normalized spacial score (nSPS) is 10.5. The largest absolute Gasteiger partial charge is 0.494 e. The lowest BCUT2D eigenvalue weighted by Crippen LogP contribution is -2.12. The number of amides is 1. The molecule has 0 unspecified atom stereocenters. The van der Waals surface area contributed by atoms with Gasteiger partial charge in [0.2, 0.25) is 5.91 Å². The number of nitrogens with one attached hydrogen (secondary N) is 1. The molecule has 0 aliphatic heterocycles. The van der Waals surface area contributed by atoms with Gasteiger partial charge >= 0.3 is 0 Å². The number of carbonyl (C=O) groups excluding carboxylic acids is 1. The zero-order valence-corrected chi connectivity index (χ0v) is 15.6. The first-order chi connectivity index (χ1) is 12.7. The molecule has 4 nitrogen and oxygen atoms in total. The van der Waals surface area contributed by atoms with Crippen molar-refractivity contribution in [2.45, 2.75) is 26.2 Å². The van der Waals surface area contributed by atoms with Gasteiger partial charge in [-0.3, -0.25) is 4.79 Å². The van der Waals surface area contributed by atoms with Crippen LogP contribution in [0.25, 0.3) is 0 Å². The SMILES string of the molecule is Cc1ccc(OCCCC(=O)Nc2ncc(Cc3ccccc3)s2)cc1. The highest BCUT2D eigenvalue weighted by Crippen LogP contribution is 2.21. The van der Waals surface area contributed by atoms with E-state index in [1.165, 1.54) is 22.5 Å². The predicted octanol–water partition coefficient (Wildman–Crippen LogP) is 4.84. The summed E-state index contributed by atoms with van der Waals surface area (Å²) in [7, 11) is 0. The summed E-state index contributed by atoms with van der Waals surface area (Å²) in [5, 5.41) is 3.52. The molecule has 0 fully saturated rings. The molecule has 0 atom stereocenters. The van der Waals surface area contributed by atoms with E-state index in [1.807, 2.05) is 55.6 Å². The van der Waals surface area contributed by atoms with E-state index in [-0.39, 0.29) is 5.91 Å². The zero-order valence-electron chi connectivity index (χ0n) is 14.8. The molecule has 2 aromatic carbocycles. The fourth-order valence-corrected chi connectivity index (χ4v) is 3.35. The summed E-state index contributed by atoms with van der Waals surface area (Å²) in [6, 6.07) is 18.1. The molecule has 0 saturated heterocycles. The molecule has 3 aromatic rings. The van der Waals surface area contributed by atoms with Gasteiger partial charge in [-0.25, -0.2) is 4.98 Å². The van der Waals surface area contributed by atoms with Crippen LogP contribution in [0, 0.1) is 6.92 Å². The lowest BCUT2D eigenvalue weighted by molar-refractivity contribution is -0.116. The molecule has 0 bridgehead atoms. The molecule has 1 N–H and O–H groups in total. The van der Waals surface area contributed by atoms with Crippen LogP contribution in [0.4, 0.5) is 5.13 Å². The van der Waals surface area contributed by atoms with Gasteiger partial charge in [-0.05, 0) is 31.0 Å². The Morgan fingerprint density at radius 2 is 1.88 bits per heavy atom. The highest BCUT2D eigenvalue weighted by Gasteiger charge is 2.07. The second kappa shape index (κ2) is 9.15. The van der Waals surface area contributed by atoms with Crippen molar-refractivity contribution in [2.75, 3.05) is 11.9 Å². The average Bonchev–Trinajstić information content (AvgIpc) is 3.08. The summed E-state index contributed by atoms with van der Waals surface area (Å²) in [6.45, 7) is 2.56. The third-order valence-corrected chi connectivity index (χ3v) is 4.77. The van der Waals surface area contributed by atoms with Gasteiger partial charge in [-0.15, -0.1) is 11.3 Å². The number of anilines is 1. The number of rotatable bonds is 8. The first-order valence-electron chi connectivity index (χ1n) is 8.67. The molecule has 1 aromatic heterocycles. The van der Waals surface area contributed by atoms with Crippen molar-refractivity contribution in [3.63, 3.8) is 0 Å². The molecule has 26 heavy (non-hydrogen) atoms. The van der Waals surface area contributed by atoms with Crippen molar-refractivity contribution >= 4 is 22.4 Å². The van der Waals surface area contributed by atoms with E-state index in [4.69, 9.17) is 4.74 Å². The maximum atomic E-state index is 12.0. The van der Waals surface area contributed by atoms with Crippen LogP contribution in [0.5, 0.6) is 5.75 Å². The summed E-state index contributed by atoms with van der Waals surface area (Å²) in [5.41, 5.74) is 2.44.